The van der Waals surface area contributed by atoms with E-state index in [1.807, 2.05) is 0 Å². The predicted molar refractivity (Wildman–Crippen MR) is 119 cm³/mol. The first-order valence-corrected chi connectivity index (χ1v) is 11.9. The highest BCUT2D eigenvalue weighted by Crippen LogP contribution is 2.10. The fraction of sp³-hybridized carbons (Fsp3) is 0.913. The number of carbonyl (C=O) groups excluding carboxylic acids is 1. The minimum atomic E-state index is -0.960. The van der Waals surface area contributed by atoms with E-state index in [-0.39, 0.29) is 18.7 Å². The van der Waals surface area contributed by atoms with Gasteiger partial charge in [0.15, 0.2) is 0 Å². The van der Waals surface area contributed by atoms with E-state index in [2.05, 4.69) is 12.2 Å². The van der Waals surface area contributed by atoms with Crippen LogP contribution < -0.4 is 5.32 Å². The van der Waals surface area contributed by atoms with Crippen molar-refractivity contribution in [3.63, 3.8) is 0 Å². The van der Waals surface area contributed by atoms with Crippen LogP contribution in [0.3, 0.4) is 0 Å². The highest BCUT2D eigenvalue weighted by atomic mass is 16.5. The summed E-state index contributed by atoms with van der Waals surface area (Å²) in [6.45, 7) is 6.37. The van der Waals surface area contributed by atoms with E-state index in [0.29, 0.717) is 46.0 Å². The molecular weight excluding hydrogens is 386 g/mol. The number of rotatable bonds is 24. The Morgan fingerprint density at radius 2 is 1.10 bits per heavy atom. The number of carboxylic acid groups (broad SMARTS) is 1. The number of carboxylic acids is 1. The van der Waals surface area contributed by atoms with Gasteiger partial charge in [-0.05, 0) is 12.8 Å². The predicted octanol–water partition coefficient (Wildman–Crippen LogP) is 4.33. The topological polar surface area (TPSA) is 94.1 Å². The summed E-state index contributed by atoms with van der Waals surface area (Å²) in [6.07, 6.45) is 13.9. The van der Waals surface area contributed by atoms with Gasteiger partial charge in [-0.1, -0.05) is 64.7 Å². The lowest BCUT2D eigenvalue weighted by atomic mass is 10.1. The Balaban J connectivity index is 3.08. The Labute approximate surface area is 183 Å². The van der Waals surface area contributed by atoms with E-state index in [9.17, 15) is 9.59 Å². The van der Waals surface area contributed by atoms with E-state index in [1.54, 1.807) is 0 Å². The van der Waals surface area contributed by atoms with Gasteiger partial charge in [-0.3, -0.25) is 9.59 Å². The highest BCUT2D eigenvalue weighted by Gasteiger charge is 2.04. The van der Waals surface area contributed by atoms with Crippen molar-refractivity contribution in [2.45, 2.75) is 90.4 Å². The summed E-state index contributed by atoms with van der Waals surface area (Å²) < 4.78 is 16.5. The summed E-state index contributed by atoms with van der Waals surface area (Å²) in [5.41, 5.74) is 0. The summed E-state index contributed by atoms with van der Waals surface area (Å²) in [4.78, 5) is 21.7. The minimum Gasteiger partial charge on any atom is -0.481 e. The fourth-order valence-corrected chi connectivity index (χ4v) is 2.94. The molecule has 0 spiro atoms. The lowest BCUT2D eigenvalue weighted by molar-refractivity contribution is -0.138. The Bertz CT molecular complexity index is 392. The Hall–Kier alpha value is -1.18. The van der Waals surface area contributed by atoms with E-state index in [0.717, 1.165) is 13.0 Å². The molecular formula is C23H45NO6. The third kappa shape index (κ3) is 24.9. The molecule has 7 heteroatoms. The van der Waals surface area contributed by atoms with Gasteiger partial charge in [0.1, 0.15) is 0 Å². The van der Waals surface area contributed by atoms with Crippen molar-refractivity contribution in [1.82, 2.24) is 5.32 Å². The summed E-state index contributed by atoms with van der Waals surface area (Å²) in [5.74, 6) is -1.20. The molecule has 0 saturated carbocycles. The van der Waals surface area contributed by atoms with Crippen LogP contribution in [-0.4, -0.2) is 63.2 Å². The first-order chi connectivity index (χ1) is 14.7. The molecule has 0 radical (unpaired) electrons. The second-order valence-electron chi connectivity index (χ2n) is 7.62. The normalized spacial score (nSPS) is 11.0. The largest absolute Gasteiger partial charge is 0.481 e. The maximum atomic E-state index is 11.3. The molecule has 0 unspecified atom stereocenters. The summed E-state index contributed by atoms with van der Waals surface area (Å²) in [5, 5.41) is 11.2. The van der Waals surface area contributed by atoms with Crippen LogP contribution in [-0.2, 0) is 23.8 Å². The molecule has 0 aliphatic rings. The molecule has 30 heavy (non-hydrogen) atoms. The van der Waals surface area contributed by atoms with Crippen LogP contribution in [0.5, 0.6) is 0 Å². The number of nitrogens with one attached hydrogen (secondary N) is 1. The molecule has 0 bridgehead atoms. The molecule has 2 N–H and O–H groups in total. The SMILES string of the molecule is CCCCCCCCCCCCOCCOCCOCCCNC(=O)CCC(=O)O. The van der Waals surface area contributed by atoms with E-state index in [1.165, 1.54) is 57.8 Å². The number of hydrogen-bond donors (Lipinski definition) is 2. The molecule has 0 aromatic heterocycles. The first-order valence-electron chi connectivity index (χ1n) is 11.9. The zero-order valence-electron chi connectivity index (χ0n) is 19.1. The van der Waals surface area contributed by atoms with E-state index < -0.39 is 5.97 Å². The van der Waals surface area contributed by atoms with Gasteiger partial charge in [-0.2, -0.15) is 0 Å². The lowest BCUT2D eigenvalue weighted by Crippen LogP contribution is -2.25. The molecule has 0 aromatic rings. The summed E-state index contributed by atoms with van der Waals surface area (Å²) in [6, 6.07) is 0. The third-order valence-electron chi connectivity index (χ3n) is 4.74. The average Bonchev–Trinajstić information content (AvgIpc) is 2.73. The smallest absolute Gasteiger partial charge is 0.303 e. The van der Waals surface area contributed by atoms with Crippen molar-refractivity contribution in [3.8, 4) is 0 Å². The van der Waals surface area contributed by atoms with Crippen molar-refractivity contribution in [2.75, 3.05) is 46.2 Å². The molecule has 178 valence electrons. The molecule has 0 rings (SSSR count). The molecule has 0 aliphatic carbocycles. The van der Waals surface area contributed by atoms with Crippen molar-refractivity contribution in [1.29, 1.82) is 0 Å². The van der Waals surface area contributed by atoms with Gasteiger partial charge in [0.2, 0.25) is 5.91 Å². The second-order valence-corrected chi connectivity index (χ2v) is 7.62. The van der Waals surface area contributed by atoms with E-state index >= 15 is 0 Å². The molecule has 7 nitrogen and oxygen atoms in total. The number of hydrogen-bond acceptors (Lipinski definition) is 5. The number of unbranched alkanes of at least 4 members (excludes halogenated alkanes) is 9. The quantitative estimate of drug-likeness (QED) is 0.221. The van der Waals surface area contributed by atoms with Gasteiger partial charge in [0.25, 0.3) is 0 Å². The van der Waals surface area contributed by atoms with Gasteiger partial charge in [0, 0.05) is 26.2 Å². The maximum Gasteiger partial charge on any atom is 0.303 e. The zero-order chi connectivity index (χ0) is 22.1. The Morgan fingerprint density at radius 3 is 1.63 bits per heavy atom. The minimum absolute atomic E-state index is 0.0191. The molecule has 0 atom stereocenters. The van der Waals surface area contributed by atoms with Crippen LogP contribution in [0.4, 0.5) is 0 Å². The van der Waals surface area contributed by atoms with Gasteiger partial charge in [-0.15, -0.1) is 0 Å². The van der Waals surface area contributed by atoms with Gasteiger partial charge >= 0.3 is 5.97 Å². The van der Waals surface area contributed by atoms with Crippen molar-refractivity contribution in [3.05, 3.63) is 0 Å². The van der Waals surface area contributed by atoms with Gasteiger partial charge in [0.05, 0.1) is 32.8 Å². The average molecular weight is 432 g/mol. The second kappa shape index (κ2) is 24.1. The molecule has 1 amide bonds. The lowest BCUT2D eigenvalue weighted by Gasteiger charge is -2.07. The molecule has 0 aromatic carbocycles. The maximum absolute atomic E-state index is 11.3. The monoisotopic (exact) mass is 431 g/mol. The number of carbonyl (C=O) groups is 2. The number of amides is 1. The van der Waals surface area contributed by atoms with Crippen LogP contribution in [0, 0.1) is 0 Å². The van der Waals surface area contributed by atoms with Crippen LogP contribution in [0.15, 0.2) is 0 Å². The number of ether oxygens (including phenoxy) is 3. The third-order valence-corrected chi connectivity index (χ3v) is 4.74. The van der Waals surface area contributed by atoms with Crippen molar-refractivity contribution < 1.29 is 28.9 Å². The highest BCUT2D eigenvalue weighted by molar-refractivity contribution is 5.80. The molecule has 0 heterocycles. The first kappa shape index (κ1) is 28.8. The van der Waals surface area contributed by atoms with Crippen LogP contribution >= 0.6 is 0 Å². The molecule has 0 fully saturated rings. The van der Waals surface area contributed by atoms with Gasteiger partial charge in [-0.25, -0.2) is 0 Å². The van der Waals surface area contributed by atoms with Crippen LogP contribution in [0.1, 0.15) is 90.4 Å². The molecule has 0 aliphatic heterocycles. The summed E-state index contributed by atoms with van der Waals surface area (Å²) in [7, 11) is 0. The fourth-order valence-electron chi connectivity index (χ4n) is 2.94. The zero-order valence-corrected chi connectivity index (χ0v) is 19.1. The molecule has 0 saturated heterocycles. The van der Waals surface area contributed by atoms with Crippen molar-refractivity contribution in [2.24, 2.45) is 0 Å². The van der Waals surface area contributed by atoms with Crippen molar-refractivity contribution >= 4 is 11.9 Å². The standard InChI is InChI=1S/C23H45NO6/c1-2-3-4-5-6-7-8-9-10-11-16-28-18-20-30-21-19-29-17-12-15-24-22(25)13-14-23(26)27/h2-21H2,1H3,(H,24,25)(H,26,27). The Kier molecular flexibility index (Phi) is 23.1. The van der Waals surface area contributed by atoms with Crippen LogP contribution in [0.25, 0.3) is 0 Å². The summed E-state index contributed by atoms with van der Waals surface area (Å²) >= 11 is 0. The Morgan fingerprint density at radius 1 is 0.633 bits per heavy atom. The van der Waals surface area contributed by atoms with Gasteiger partial charge < -0.3 is 24.6 Å². The van der Waals surface area contributed by atoms with E-state index in [4.69, 9.17) is 19.3 Å². The number of aliphatic carboxylic acids is 1. The van der Waals surface area contributed by atoms with Crippen LogP contribution in [0.2, 0.25) is 0 Å².